The lowest BCUT2D eigenvalue weighted by Crippen LogP contribution is -2.35. The maximum atomic E-state index is 11.2. The number of aliphatic hydroxyl groups is 1. The second-order valence-electron chi connectivity index (χ2n) is 4.46. The van der Waals surface area contributed by atoms with E-state index < -0.39 is 5.97 Å². The zero-order valence-electron chi connectivity index (χ0n) is 10.5. The molecule has 6 heteroatoms. The van der Waals surface area contributed by atoms with E-state index in [1.165, 1.54) is 13.3 Å². The van der Waals surface area contributed by atoms with Gasteiger partial charge in [0.2, 0.25) is 0 Å². The predicted octanol–water partition coefficient (Wildman–Crippen LogP) is 0.470. The molecule has 1 N–H and O–H groups in total. The summed E-state index contributed by atoms with van der Waals surface area (Å²) in [5.41, 5.74) is 0.189. The Balaban J connectivity index is 2.17. The fraction of sp³-hybridized carbons (Fsp3) is 0.583. The van der Waals surface area contributed by atoms with E-state index in [-0.39, 0.29) is 18.3 Å². The molecule has 2 atom stereocenters. The molecule has 0 spiro atoms. The molecule has 1 aliphatic rings. The van der Waals surface area contributed by atoms with Gasteiger partial charge in [-0.25, -0.2) is 14.8 Å². The Bertz CT molecular complexity index is 421. The Morgan fingerprint density at radius 1 is 1.56 bits per heavy atom. The van der Waals surface area contributed by atoms with Crippen molar-refractivity contribution in [2.24, 2.45) is 5.92 Å². The highest BCUT2D eigenvalue weighted by Gasteiger charge is 2.31. The van der Waals surface area contributed by atoms with Crippen LogP contribution in [-0.2, 0) is 4.74 Å². The minimum absolute atomic E-state index is 0.0725. The number of aromatic nitrogens is 2. The van der Waals surface area contributed by atoms with E-state index >= 15 is 0 Å². The predicted molar refractivity (Wildman–Crippen MR) is 65.4 cm³/mol. The fourth-order valence-electron chi connectivity index (χ4n) is 2.25. The van der Waals surface area contributed by atoms with Gasteiger partial charge in [-0.15, -0.1) is 0 Å². The summed E-state index contributed by atoms with van der Waals surface area (Å²) in [6, 6.07) is 0.0725. The highest BCUT2D eigenvalue weighted by molar-refractivity contribution is 5.86. The largest absolute Gasteiger partial charge is 0.464 e. The lowest BCUT2D eigenvalue weighted by Gasteiger charge is -2.25. The van der Waals surface area contributed by atoms with Crippen LogP contribution < -0.4 is 4.90 Å². The van der Waals surface area contributed by atoms with E-state index in [2.05, 4.69) is 21.6 Å². The Labute approximate surface area is 106 Å². The van der Waals surface area contributed by atoms with Crippen molar-refractivity contribution in [3.05, 3.63) is 18.1 Å². The number of ether oxygens (including phenoxy) is 1. The van der Waals surface area contributed by atoms with Crippen molar-refractivity contribution in [1.29, 1.82) is 0 Å². The topological polar surface area (TPSA) is 75.5 Å². The molecule has 98 valence electrons. The zero-order chi connectivity index (χ0) is 13.1. The van der Waals surface area contributed by atoms with Gasteiger partial charge in [0.05, 0.1) is 32.2 Å². The highest BCUT2D eigenvalue weighted by atomic mass is 16.5. The number of hydrogen-bond acceptors (Lipinski definition) is 6. The Morgan fingerprint density at radius 3 is 2.89 bits per heavy atom. The van der Waals surface area contributed by atoms with Gasteiger partial charge >= 0.3 is 5.97 Å². The Morgan fingerprint density at radius 2 is 2.33 bits per heavy atom. The first-order valence-corrected chi connectivity index (χ1v) is 5.95. The first-order valence-electron chi connectivity index (χ1n) is 5.95. The van der Waals surface area contributed by atoms with E-state index in [9.17, 15) is 9.90 Å². The van der Waals surface area contributed by atoms with Crippen LogP contribution in [0, 0.1) is 5.92 Å². The molecular formula is C12H17N3O3. The van der Waals surface area contributed by atoms with Crippen molar-refractivity contribution < 1.29 is 14.6 Å². The minimum Gasteiger partial charge on any atom is -0.464 e. The summed E-state index contributed by atoms with van der Waals surface area (Å²) in [7, 11) is 1.31. The number of carbonyl (C=O) groups excluding carboxylic acids is 1. The van der Waals surface area contributed by atoms with Crippen molar-refractivity contribution in [3.63, 3.8) is 0 Å². The molecule has 0 radical (unpaired) electrons. The molecule has 18 heavy (non-hydrogen) atoms. The summed E-state index contributed by atoms with van der Waals surface area (Å²) in [6.45, 7) is 3.05. The summed E-state index contributed by atoms with van der Waals surface area (Å²) in [4.78, 5) is 21.5. The van der Waals surface area contributed by atoms with Crippen LogP contribution in [0.2, 0.25) is 0 Å². The molecule has 1 saturated heterocycles. The molecule has 0 aliphatic carbocycles. The van der Waals surface area contributed by atoms with Gasteiger partial charge in [0.25, 0.3) is 0 Å². The third-order valence-corrected chi connectivity index (χ3v) is 3.40. The number of anilines is 1. The first kappa shape index (κ1) is 12.8. The van der Waals surface area contributed by atoms with Crippen LogP contribution in [0.3, 0.4) is 0 Å². The van der Waals surface area contributed by atoms with Gasteiger partial charge in [-0.3, -0.25) is 0 Å². The van der Waals surface area contributed by atoms with Crippen molar-refractivity contribution in [2.45, 2.75) is 19.4 Å². The molecule has 1 aromatic rings. The van der Waals surface area contributed by atoms with E-state index in [0.29, 0.717) is 11.7 Å². The molecule has 1 fully saturated rings. The molecule has 0 bridgehead atoms. The number of methoxy groups -OCH3 is 1. The Hall–Kier alpha value is -1.69. The van der Waals surface area contributed by atoms with Gasteiger partial charge in [-0.05, 0) is 12.3 Å². The van der Waals surface area contributed by atoms with Gasteiger partial charge in [0, 0.05) is 6.54 Å². The summed E-state index contributed by atoms with van der Waals surface area (Å²) in [5.74, 6) is 0.616. The number of carbonyl (C=O) groups is 1. The Kier molecular flexibility index (Phi) is 3.76. The van der Waals surface area contributed by atoms with E-state index in [4.69, 9.17) is 0 Å². The van der Waals surface area contributed by atoms with Gasteiger partial charge in [0.15, 0.2) is 5.69 Å². The van der Waals surface area contributed by atoms with Crippen LogP contribution in [0.25, 0.3) is 0 Å². The second kappa shape index (κ2) is 5.30. The maximum absolute atomic E-state index is 11.2. The number of rotatable bonds is 3. The standard InChI is InChI=1S/C12H17N3O3/c1-8-3-4-15(10(8)7-16)11-6-13-9(5-14-11)12(17)18-2/h5-6,8,10,16H,3-4,7H2,1-2H3. The van der Waals surface area contributed by atoms with Gasteiger partial charge in [-0.1, -0.05) is 6.92 Å². The maximum Gasteiger partial charge on any atom is 0.358 e. The van der Waals surface area contributed by atoms with E-state index in [1.54, 1.807) is 6.20 Å². The van der Waals surface area contributed by atoms with Crippen LogP contribution in [0.15, 0.2) is 12.4 Å². The number of nitrogens with zero attached hydrogens (tertiary/aromatic N) is 3. The van der Waals surface area contributed by atoms with Gasteiger partial charge in [0.1, 0.15) is 5.82 Å². The summed E-state index contributed by atoms with van der Waals surface area (Å²) >= 11 is 0. The number of aliphatic hydroxyl groups excluding tert-OH is 1. The lowest BCUT2D eigenvalue weighted by molar-refractivity contribution is 0.0593. The molecule has 2 heterocycles. The van der Waals surface area contributed by atoms with E-state index in [0.717, 1.165) is 13.0 Å². The van der Waals surface area contributed by atoms with Gasteiger partial charge in [-0.2, -0.15) is 0 Å². The lowest BCUT2D eigenvalue weighted by atomic mass is 10.0. The first-order chi connectivity index (χ1) is 8.67. The van der Waals surface area contributed by atoms with Crippen LogP contribution in [0.5, 0.6) is 0 Å². The number of esters is 1. The summed E-state index contributed by atoms with van der Waals surface area (Å²) < 4.78 is 4.57. The quantitative estimate of drug-likeness (QED) is 0.787. The third kappa shape index (κ3) is 2.28. The molecule has 2 unspecified atom stereocenters. The normalized spacial score (nSPS) is 23.2. The zero-order valence-corrected chi connectivity index (χ0v) is 10.5. The van der Waals surface area contributed by atoms with Crippen LogP contribution in [0.1, 0.15) is 23.8 Å². The minimum atomic E-state index is -0.498. The summed E-state index contributed by atoms with van der Waals surface area (Å²) in [5, 5.41) is 9.39. The highest BCUT2D eigenvalue weighted by Crippen LogP contribution is 2.27. The molecule has 2 rings (SSSR count). The van der Waals surface area contributed by atoms with Crippen LogP contribution in [0.4, 0.5) is 5.82 Å². The van der Waals surface area contributed by atoms with Crippen molar-refractivity contribution in [2.75, 3.05) is 25.2 Å². The molecule has 1 aliphatic heterocycles. The fourth-order valence-corrected chi connectivity index (χ4v) is 2.25. The van der Waals surface area contributed by atoms with Gasteiger partial charge < -0.3 is 14.7 Å². The van der Waals surface area contributed by atoms with Crippen molar-refractivity contribution >= 4 is 11.8 Å². The molecular weight excluding hydrogens is 234 g/mol. The molecule has 0 aromatic carbocycles. The molecule has 6 nitrogen and oxygen atoms in total. The molecule has 0 saturated carbocycles. The van der Waals surface area contributed by atoms with Crippen LogP contribution >= 0.6 is 0 Å². The number of hydrogen-bond donors (Lipinski definition) is 1. The molecule has 1 aromatic heterocycles. The average Bonchev–Trinajstić information content (AvgIpc) is 2.79. The SMILES string of the molecule is COC(=O)c1cnc(N2CCC(C)C2CO)cn1. The molecule has 0 amide bonds. The van der Waals surface area contributed by atoms with Crippen molar-refractivity contribution in [3.8, 4) is 0 Å². The van der Waals surface area contributed by atoms with E-state index in [1.807, 2.05) is 4.90 Å². The second-order valence-corrected chi connectivity index (χ2v) is 4.46. The average molecular weight is 251 g/mol. The summed E-state index contributed by atoms with van der Waals surface area (Å²) in [6.07, 6.45) is 3.97. The third-order valence-electron chi connectivity index (χ3n) is 3.40. The monoisotopic (exact) mass is 251 g/mol. The smallest absolute Gasteiger partial charge is 0.358 e. The van der Waals surface area contributed by atoms with Crippen molar-refractivity contribution in [1.82, 2.24) is 9.97 Å². The van der Waals surface area contributed by atoms with Crippen LogP contribution in [-0.4, -0.2) is 47.3 Å².